The van der Waals surface area contributed by atoms with Crippen molar-refractivity contribution in [3.63, 3.8) is 0 Å². The Labute approximate surface area is 123 Å². The zero-order valence-corrected chi connectivity index (χ0v) is 12.7. The Kier molecular flexibility index (Phi) is 4.34. The molecule has 5 nitrogen and oxygen atoms in total. The van der Waals surface area contributed by atoms with Crippen LogP contribution in [-0.2, 0) is 14.6 Å². The number of benzene rings is 1. The van der Waals surface area contributed by atoms with Crippen molar-refractivity contribution in [3.8, 4) is 0 Å². The molecule has 1 aliphatic carbocycles. The van der Waals surface area contributed by atoms with E-state index in [9.17, 15) is 17.6 Å². The molecule has 0 spiro atoms. The van der Waals surface area contributed by atoms with Crippen LogP contribution >= 0.6 is 0 Å². The van der Waals surface area contributed by atoms with E-state index < -0.39 is 27.1 Å². The Hall–Kier alpha value is -1.47. The molecule has 0 aromatic heterocycles. The first-order valence-electron chi connectivity index (χ1n) is 6.82. The van der Waals surface area contributed by atoms with Crippen molar-refractivity contribution in [2.75, 3.05) is 11.6 Å². The second kappa shape index (κ2) is 5.73. The first-order chi connectivity index (χ1) is 9.72. The van der Waals surface area contributed by atoms with Gasteiger partial charge in [0.25, 0.3) is 0 Å². The molecule has 116 valence electrons. The molecule has 1 amide bonds. The Balaban J connectivity index is 2.24. The van der Waals surface area contributed by atoms with E-state index in [0.717, 1.165) is 37.7 Å². The molecule has 1 aliphatic rings. The van der Waals surface area contributed by atoms with Crippen LogP contribution in [0.25, 0.3) is 0 Å². The lowest BCUT2D eigenvalue weighted by atomic mass is 9.82. The molecule has 21 heavy (non-hydrogen) atoms. The minimum atomic E-state index is -3.47. The number of hydrogen-bond donors (Lipinski definition) is 2. The van der Waals surface area contributed by atoms with E-state index in [1.165, 1.54) is 6.07 Å². The second-order valence-corrected chi connectivity index (χ2v) is 7.60. The van der Waals surface area contributed by atoms with Crippen molar-refractivity contribution in [1.29, 1.82) is 0 Å². The summed E-state index contributed by atoms with van der Waals surface area (Å²) in [5, 5.41) is 2.43. The van der Waals surface area contributed by atoms with Crippen LogP contribution in [0.2, 0.25) is 0 Å². The summed E-state index contributed by atoms with van der Waals surface area (Å²) >= 11 is 0. The zero-order chi connectivity index (χ0) is 15.7. The number of amides is 1. The van der Waals surface area contributed by atoms with Gasteiger partial charge < -0.3 is 11.1 Å². The number of carbonyl (C=O) groups excluding carboxylic acids is 1. The molecule has 1 aromatic rings. The number of rotatable bonds is 3. The van der Waals surface area contributed by atoms with E-state index in [1.807, 2.05) is 0 Å². The summed E-state index contributed by atoms with van der Waals surface area (Å²) in [7, 11) is -3.47. The van der Waals surface area contributed by atoms with Crippen LogP contribution in [0.15, 0.2) is 23.1 Å². The maximum atomic E-state index is 13.8. The van der Waals surface area contributed by atoms with Gasteiger partial charge in [0.15, 0.2) is 9.84 Å². The van der Waals surface area contributed by atoms with Crippen LogP contribution in [0, 0.1) is 5.82 Å². The predicted octanol–water partition coefficient (Wildman–Crippen LogP) is 1.83. The zero-order valence-electron chi connectivity index (χ0n) is 11.9. The fourth-order valence-corrected chi connectivity index (χ4v) is 3.13. The van der Waals surface area contributed by atoms with Gasteiger partial charge in [0.05, 0.1) is 16.1 Å². The van der Waals surface area contributed by atoms with Gasteiger partial charge in [-0.3, -0.25) is 4.79 Å². The van der Waals surface area contributed by atoms with E-state index >= 15 is 0 Å². The van der Waals surface area contributed by atoms with Gasteiger partial charge in [0, 0.05) is 6.26 Å². The SMILES string of the molecule is CS(=O)(=O)c1ccc(F)c(NC(=O)C2(N)CCCCC2)c1. The molecule has 7 heteroatoms. The number of carbonyl (C=O) groups is 1. The Morgan fingerprint density at radius 3 is 2.48 bits per heavy atom. The minimum absolute atomic E-state index is 0.0473. The van der Waals surface area contributed by atoms with Crippen LogP contribution in [0.1, 0.15) is 32.1 Å². The predicted molar refractivity (Wildman–Crippen MR) is 78.1 cm³/mol. The lowest BCUT2D eigenvalue weighted by Crippen LogP contribution is -2.52. The topological polar surface area (TPSA) is 89.3 Å². The molecule has 0 unspecified atom stereocenters. The molecule has 1 aromatic carbocycles. The molecule has 0 bridgehead atoms. The van der Waals surface area contributed by atoms with E-state index in [-0.39, 0.29) is 10.6 Å². The van der Waals surface area contributed by atoms with Crippen molar-refractivity contribution in [2.45, 2.75) is 42.5 Å². The fraction of sp³-hybridized carbons (Fsp3) is 0.500. The smallest absolute Gasteiger partial charge is 0.244 e. The van der Waals surface area contributed by atoms with Crippen LogP contribution in [0.3, 0.4) is 0 Å². The van der Waals surface area contributed by atoms with Gasteiger partial charge in [0.1, 0.15) is 5.82 Å². The molecular formula is C14H19FN2O3S. The summed E-state index contributed by atoms with van der Waals surface area (Å²) in [5.74, 6) is -1.15. The van der Waals surface area contributed by atoms with E-state index in [4.69, 9.17) is 5.73 Å². The first-order valence-corrected chi connectivity index (χ1v) is 8.71. The van der Waals surface area contributed by atoms with Gasteiger partial charge in [-0.15, -0.1) is 0 Å². The van der Waals surface area contributed by atoms with Crippen LogP contribution < -0.4 is 11.1 Å². The average Bonchev–Trinajstić information content (AvgIpc) is 2.40. The maximum absolute atomic E-state index is 13.8. The third-order valence-corrected chi connectivity index (χ3v) is 4.92. The molecule has 0 atom stereocenters. The summed E-state index contributed by atoms with van der Waals surface area (Å²) in [6.07, 6.45) is 4.87. The third kappa shape index (κ3) is 3.59. The molecule has 0 saturated heterocycles. The Morgan fingerprint density at radius 2 is 1.90 bits per heavy atom. The highest BCUT2D eigenvalue weighted by molar-refractivity contribution is 7.90. The normalized spacial score (nSPS) is 18.2. The monoisotopic (exact) mass is 314 g/mol. The second-order valence-electron chi connectivity index (χ2n) is 5.58. The molecule has 1 saturated carbocycles. The highest BCUT2D eigenvalue weighted by Gasteiger charge is 2.35. The minimum Gasteiger partial charge on any atom is -0.322 e. The summed E-state index contributed by atoms with van der Waals surface area (Å²) in [4.78, 5) is 12.2. The summed E-state index contributed by atoms with van der Waals surface area (Å²) in [6, 6.07) is 3.31. The summed E-state index contributed by atoms with van der Waals surface area (Å²) in [5.41, 5.74) is 4.91. The Morgan fingerprint density at radius 1 is 1.29 bits per heavy atom. The van der Waals surface area contributed by atoms with Crippen molar-refractivity contribution < 1.29 is 17.6 Å². The average molecular weight is 314 g/mol. The molecule has 0 aliphatic heterocycles. The first kappa shape index (κ1) is 15.9. The van der Waals surface area contributed by atoms with Crippen molar-refractivity contribution in [3.05, 3.63) is 24.0 Å². The molecule has 2 rings (SSSR count). The Bertz CT molecular complexity index is 652. The lowest BCUT2D eigenvalue weighted by molar-refractivity contribution is -0.122. The third-order valence-electron chi connectivity index (χ3n) is 3.81. The van der Waals surface area contributed by atoms with Gasteiger partial charge in [-0.1, -0.05) is 19.3 Å². The van der Waals surface area contributed by atoms with Crippen LogP contribution in [-0.4, -0.2) is 26.1 Å². The molecule has 0 radical (unpaired) electrons. The largest absolute Gasteiger partial charge is 0.322 e. The van der Waals surface area contributed by atoms with Gasteiger partial charge >= 0.3 is 0 Å². The standard InChI is InChI=1S/C14H19FN2O3S/c1-21(19,20)10-5-6-11(15)12(9-10)17-13(18)14(16)7-3-2-4-8-14/h5-6,9H,2-4,7-8,16H2,1H3,(H,17,18). The number of hydrogen-bond acceptors (Lipinski definition) is 4. The van der Waals surface area contributed by atoms with Crippen molar-refractivity contribution >= 4 is 21.4 Å². The quantitative estimate of drug-likeness (QED) is 0.833. The van der Waals surface area contributed by atoms with E-state index in [2.05, 4.69) is 5.32 Å². The highest BCUT2D eigenvalue weighted by Crippen LogP contribution is 2.28. The molecular weight excluding hydrogens is 295 g/mol. The highest BCUT2D eigenvalue weighted by atomic mass is 32.2. The number of sulfone groups is 1. The molecule has 1 fully saturated rings. The number of nitrogens with one attached hydrogen (secondary N) is 1. The molecule has 3 N–H and O–H groups in total. The molecule has 0 heterocycles. The summed E-state index contributed by atoms with van der Waals surface area (Å²) in [6.45, 7) is 0. The fourth-order valence-electron chi connectivity index (χ4n) is 2.49. The number of anilines is 1. The van der Waals surface area contributed by atoms with Gasteiger partial charge in [-0.25, -0.2) is 12.8 Å². The van der Waals surface area contributed by atoms with Crippen molar-refractivity contribution in [1.82, 2.24) is 0 Å². The van der Waals surface area contributed by atoms with Gasteiger partial charge in [-0.05, 0) is 31.0 Å². The maximum Gasteiger partial charge on any atom is 0.244 e. The summed E-state index contributed by atoms with van der Waals surface area (Å²) < 4.78 is 36.7. The van der Waals surface area contributed by atoms with Gasteiger partial charge in [0.2, 0.25) is 5.91 Å². The number of halogens is 1. The number of nitrogens with two attached hydrogens (primary N) is 1. The van der Waals surface area contributed by atoms with E-state index in [0.29, 0.717) is 12.8 Å². The lowest BCUT2D eigenvalue weighted by Gasteiger charge is -2.31. The van der Waals surface area contributed by atoms with Crippen molar-refractivity contribution in [2.24, 2.45) is 5.73 Å². The van der Waals surface area contributed by atoms with Crippen LogP contribution in [0.5, 0.6) is 0 Å². The van der Waals surface area contributed by atoms with E-state index in [1.54, 1.807) is 0 Å². The van der Waals surface area contributed by atoms with Gasteiger partial charge in [-0.2, -0.15) is 0 Å². The van der Waals surface area contributed by atoms with Crippen LogP contribution in [0.4, 0.5) is 10.1 Å².